The summed E-state index contributed by atoms with van der Waals surface area (Å²) < 4.78 is 13.2. The van der Waals surface area contributed by atoms with Gasteiger partial charge in [-0.1, -0.05) is 44.2 Å². The van der Waals surface area contributed by atoms with Crippen LogP contribution in [-0.2, 0) is 7.05 Å². The van der Waals surface area contributed by atoms with Gasteiger partial charge in [-0.05, 0) is 29.7 Å². The Kier molecular flexibility index (Phi) is 6.26. The minimum atomic E-state index is -0.128. The first-order valence-corrected chi connectivity index (χ1v) is 10.8. The molecule has 162 valence electrons. The first kappa shape index (κ1) is 21.0. The van der Waals surface area contributed by atoms with Crippen molar-refractivity contribution in [3.63, 3.8) is 0 Å². The van der Waals surface area contributed by atoms with Crippen LogP contribution in [0, 0.1) is 5.92 Å². The molecule has 31 heavy (non-hydrogen) atoms. The van der Waals surface area contributed by atoms with Crippen molar-refractivity contribution in [2.75, 3.05) is 19.8 Å². The van der Waals surface area contributed by atoms with Crippen LogP contribution in [0.2, 0.25) is 0 Å². The van der Waals surface area contributed by atoms with Crippen molar-refractivity contribution in [1.29, 1.82) is 0 Å². The van der Waals surface area contributed by atoms with E-state index in [1.54, 1.807) is 10.9 Å². The van der Waals surface area contributed by atoms with E-state index in [-0.39, 0.29) is 11.8 Å². The molecule has 2 aromatic carbocycles. The second kappa shape index (κ2) is 9.25. The van der Waals surface area contributed by atoms with E-state index in [0.717, 1.165) is 17.7 Å². The van der Waals surface area contributed by atoms with E-state index < -0.39 is 0 Å². The van der Waals surface area contributed by atoms with E-state index in [9.17, 15) is 4.79 Å². The quantitative estimate of drug-likeness (QED) is 0.642. The van der Waals surface area contributed by atoms with Crippen molar-refractivity contribution < 1.29 is 14.3 Å². The molecule has 6 heteroatoms. The topological polar surface area (TPSA) is 65.4 Å². The van der Waals surface area contributed by atoms with Crippen LogP contribution in [0.1, 0.15) is 42.1 Å². The summed E-state index contributed by atoms with van der Waals surface area (Å²) in [4.78, 5) is 13.1. The molecule has 1 aliphatic heterocycles. The molecule has 3 aromatic rings. The van der Waals surface area contributed by atoms with Crippen molar-refractivity contribution in [2.45, 2.75) is 26.2 Å². The first-order chi connectivity index (χ1) is 15.0. The standard InChI is InChI=1S/C25H29N3O3/c1-17(2)20(18-8-5-4-6-9-18)15-26-25(29)21-16-28(3)27-24(21)19-10-11-22-23(14-19)31-13-7-12-30-22/h4-6,8-11,14,16-17,20H,7,12-13,15H2,1-3H3,(H,26,29). The molecule has 2 heterocycles. The maximum absolute atomic E-state index is 13.1. The zero-order valence-corrected chi connectivity index (χ0v) is 18.3. The van der Waals surface area contributed by atoms with Gasteiger partial charge < -0.3 is 14.8 Å². The molecule has 0 aliphatic carbocycles. The van der Waals surface area contributed by atoms with Gasteiger partial charge in [0.05, 0.1) is 18.8 Å². The van der Waals surface area contributed by atoms with Crippen LogP contribution < -0.4 is 14.8 Å². The number of nitrogens with one attached hydrogen (secondary N) is 1. The van der Waals surface area contributed by atoms with Gasteiger partial charge in [0.25, 0.3) is 5.91 Å². The van der Waals surface area contributed by atoms with E-state index in [2.05, 4.69) is 36.4 Å². The van der Waals surface area contributed by atoms with E-state index in [4.69, 9.17) is 9.47 Å². The van der Waals surface area contributed by atoms with Crippen LogP contribution in [0.5, 0.6) is 11.5 Å². The summed E-state index contributed by atoms with van der Waals surface area (Å²) in [6, 6.07) is 16.0. The average molecular weight is 420 g/mol. The fourth-order valence-corrected chi connectivity index (χ4v) is 3.91. The lowest BCUT2D eigenvalue weighted by Gasteiger charge is -2.22. The SMILES string of the molecule is CC(C)C(CNC(=O)c1cn(C)nc1-c1ccc2c(c1)OCCCO2)c1ccccc1. The van der Waals surface area contributed by atoms with Crippen LogP contribution in [0.15, 0.2) is 54.7 Å². The lowest BCUT2D eigenvalue weighted by molar-refractivity contribution is 0.0949. The van der Waals surface area contributed by atoms with E-state index in [1.165, 1.54) is 5.56 Å². The Hall–Kier alpha value is -3.28. The smallest absolute Gasteiger partial charge is 0.255 e. The Morgan fingerprint density at radius 3 is 2.58 bits per heavy atom. The highest BCUT2D eigenvalue weighted by atomic mass is 16.5. The van der Waals surface area contributed by atoms with Gasteiger partial charge in [0.2, 0.25) is 0 Å². The molecule has 4 rings (SSSR count). The Morgan fingerprint density at radius 2 is 1.84 bits per heavy atom. The monoisotopic (exact) mass is 419 g/mol. The fourth-order valence-electron chi connectivity index (χ4n) is 3.91. The Morgan fingerprint density at radius 1 is 1.10 bits per heavy atom. The molecule has 0 bridgehead atoms. The van der Waals surface area contributed by atoms with Gasteiger partial charge in [0, 0.05) is 37.7 Å². The molecule has 0 radical (unpaired) electrons. The van der Waals surface area contributed by atoms with Crippen LogP contribution in [0.3, 0.4) is 0 Å². The Labute approximate surface area is 183 Å². The molecule has 1 aliphatic rings. The number of rotatable bonds is 6. The molecule has 0 spiro atoms. The molecule has 0 saturated heterocycles. The summed E-state index contributed by atoms with van der Waals surface area (Å²) in [5.41, 5.74) is 3.24. The molecule has 6 nitrogen and oxygen atoms in total. The fraction of sp³-hybridized carbons (Fsp3) is 0.360. The predicted molar refractivity (Wildman–Crippen MR) is 121 cm³/mol. The lowest BCUT2D eigenvalue weighted by atomic mass is 9.88. The van der Waals surface area contributed by atoms with E-state index in [0.29, 0.717) is 42.7 Å². The van der Waals surface area contributed by atoms with Gasteiger partial charge in [-0.15, -0.1) is 0 Å². The summed E-state index contributed by atoms with van der Waals surface area (Å²) in [6.45, 7) is 6.17. The van der Waals surface area contributed by atoms with Gasteiger partial charge >= 0.3 is 0 Å². The van der Waals surface area contributed by atoms with Crippen molar-refractivity contribution in [3.05, 3.63) is 65.9 Å². The summed E-state index contributed by atoms with van der Waals surface area (Å²) in [5, 5.41) is 7.68. The number of carbonyl (C=O) groups is 1. The zero-order chi connectivity index (χ0) is 21.8. The van der Waals surface area contributed by atoms with Crippen LogP contribution in [0.25, 0.3) is 11.3 Å². The average Bonchev–Trinajstić information content (AvgIpc) is 3.01. The number of hydrogen-bond acceptors (Lipinski definition) is 4. The van der Waals surface area contributed by atoms with Crippen LogP contribution in [-0.4, -0.2) is 35.4 Å². The third-order valence-corrected chi connectivity index (χ3v) is 5.61. The predicted octanol–water partition coefficient (Wildman–Crippen LogP) is 4.42. The maximum atomic E-state index is 13.1. The Bertz CT molecular complexity index is 1040. The summed E-state index contributed by atoms with van der Waals surface area (Å²) in [7, 11) is 1.82. The van der Waals surface area contributed by atoms with Gasteiger partial charge in [-0.2, -0.15) is 5.10 Å². The van der Waals surface area contributed by atoms with E-state index >= 15 is 0 Å². The number of benzene rings is 2. The second-order valence-electron chi connectivity index (χ2n) is 8.25. The highest BCUT2D eigenvalue weighted by Gasteiger charge is 2.22. The largest absolute Gasteiger partial charge is 0.490 e. The number of aromatic nitrogens is 2. The van der Waals surface area contributed by atoms with Gasteiger partial charge in [0.15, 0.2) is 11.5 Å². The molecule has 1 unspecified atom stereocenters. The number of nitrogens with zero attached hydrogens (tertiary/aromatic N) is 2. The molecule has 0 saturated carbocycles. The molecule has 1 aromatic heterocycles. The summed E-state index contributed by atoms with van der Waals surface area (Å²) in [6.07, 6.45) is 2.61. The third kappa shape index (κ3) is 4.74. The molecule has 0 fully saturated rings. The minimum Gasteiger partial charge on any atom is -0.490 e. The third-order valence-electron chi connectivity index (χ3n) is 5.61. The normalized spacial score (nSPS) is 14.2. The van der Waals surface area contributed by atoms with Gasteiger partial charge in [0.1, 0.15) is 5.69 Å². The number of amides is 1. The molecular weight excluding hydrogens is 390 g/mol. The molecule has 1 N–H and O–H groups in total. The summed E-state index contributed by atoms with van der Waals surface area (Å²) in [5.74, 6) is 1.93. The summed E-state index contributed by atoms with van der Waals surface area (Å²) >= 11 is 0. The molecule has 1 atom stereocenters. The minimum absolute atomic E-state index is 0.128. The van der Waals surface area contributed by atoms with Crippen LogP contribution >= 0.6 is 0 Å². The number of carbonyl (C=O) groups excluding carboxylic acids is 1. The van der Waals surface area contributed by atoms with E-state index in [1.807, 2.05) is 43.4 Å². The Balaban J connectivity index is 1.56. The molecule has 1 amide bonds. The number of fused-ring (bicyclic) bond motifs is 1. The first-order valence-electron chi connectivity index (χ1n) is 10.8. The lowest BCUT2D eigenvalue weighted by Crippen LogP contribution is -2.30. The highest BCUT2D eigenvalue weighted by Crippen LogP contribution is 2.35. The van der Waals surface area contributed by atoms with Gasteiger partial charge in [-0.3, -0.25) is 9.48 Å². The second-order valence-corrected chi connectivity index (χ2v) is 8.25. The van der Waals surface area contributed by atoms with Crippen molar-refractivity contribution in [2.24, 2.45) is 13.0 Å². The van der Waals surface area contributed by atoms with Crippen molar-refractivity contribution in [3.8, 4) is 22.8 Å². The number of aryl methyl sites for hydroxylation is 1. The van der Waals surface area contributed by atoms with Gasteiger partial charge in [-0.25, -0.2) is 0 Å². The van der Waals surface area contributed by atoms with Crippen molar-refractivity contribution in [1.82, 2.24) is 15.1 Å². The van der Waals surface area contributed by atoms with Crippen LogP contribution in [0.4, 0.5) is 0 Å². The zero-order valence-electron chi connectivity index (χ0n) is 18.3. The molecular formula is C25H29N3O3. The highest BCUT2D eigenvalue weighted by molar-refractivity contribution is 6.00. The number of hydrogen-bond donors (Lipinski definition) is 1. The maximum Gasteiger partial charge on any atom is 0.255 e. The van der Waals surface area contributed by atoms with Crippen molar-refractivity contribution >= 4 is 5.91 Å². The number of ether oxygens (including phenoxy) is 2.